The largest absolute Gasteiger partial charge is 0.385 e. The van der Waals surface area contributed by atoms with Crippen LogP contribution in [0.15, 0.2) is 71.7 Å². The topological polar surface area (TPSA) is 106 Å². The second-order valence-electron chi connectivity index (χ2n) is 10.4. The van der Waals surface area contributed by atoms with Crippen molar-refractivity contribution in [1.29, 1.82) is 0 Å². The fraction of sp³-hybridized carbons (Fsp3) is 0.387. The quantitative estimate of drug-likeness (QED) is 0.302. The van der Waals surface area contributed by atoms with Crippen molar-refractivity contribution >= 4 is 16.9 Å². The Morgan fingerprint density at radius 1 is 1.15 bits per heavy atom. The molecule has 0 radical (unpaired) electrons. The van der Waals surface area contributed by atoms with Gasteiger partial charge in [0.25, 0.3) is 0 Å². The van der Waals surface area contributed by atoms with Crippen LogP contribution >= 0.6 is 0 Å². The molecule has 3 heterocycles. The van der Waals surface area contributed by atoms with Crippen LogP contribution in [0.4, 0.5) is 0 Å². The minimum absolute atomic E-state index is 0.106. The van der Waals surface area contributed by atoms with E-state index in [0.29, 0.717) is 26.0 Å². The number of benzene rings is 2. The van der Waals surface area contributed by atoms with Crippen LogP contribution in [-0.2, 0) is 22.5 Å². The molecule has 3 N–H and O–H groups in total. The first kappa shape index (κ1) is 26.8. The van der Waals surface area contributed by atoms with Gasteiger partial charge in [-0.1, -0.05) is 36.4 Å². The van der Waals surface area contributed by atoms with Crippen molar-refractivity contribution in [1.82, 2.24) is 19.4 Å². The van der Waals surface area contributed by atoms with Crippen LogP contribution in [0.1, 0.15) is 43.0 Å². The number of methoxy groups -OCH3 is 1. The van der Waals surface area contributed by atoms with Crippen LogP contribution < -0.4 is 11.3 Å². The number of imidazole rings is 1. The molecule has 1 saturated heterocycles. The van der Waals surface area contributed by atoms with Crippen LogP contribution in [0.2, 0.25) is 0 Å². The van der Waals surface area contributed by atoms with Crippen molar-refractivity contribution < 1.29 is 9.53 Å². The third-order valence-electron chi connectivity index (χ3n) is 7.55. The molecule has 2 aromatic heterocycles. The number of carbonyl (C=O) groups excluding carboxylic acids is 1. The molecule has 1 aliphatic rings. The van der Waals surface area contributed by atoms with Gasteiger partial charge in [0.1, 0.15) is 5.82 Å². The Morgan fingerprint density at radius 3 is 2.77 bits per heavy atom. The number of H-pyrrole nitrogens is 1. The molecule has 5 rings (SSSR count). The van der Waals surface area contributed by atoms with Crippen molar-refractivity contribution in [3.05, 3.63) is 88.6 Å². The lowest BCUT2D eigenvalue weighted by Gasteiger charge is -2.33. The number of para-hydroxylation sites is 2. The number of aromatic amines is 1. The van der Waals surface area contributed by atoms with Gasteiger partial charge in [0.15, 0.2) is 0 Å². The van der Waals surface area contributed by atoms with E-state index in [1.165, 1.54) is 0 Å². The molecule has 0 bridgehead atoms. The Kier molecular flexibility index (Phi) is 8.54. The monoisotopic (exact) mass is 527 g/mol. The van der Waals surface area contributed by atoms with Gasteiger partial charge in [-0.25, -0.2) is 4.98 Å². The molecule has 8 heteroatoms. The smallest absolute Gasteiger partial charge is 0.248 e. The average molecular weight is 528 g/mol. The summed E-state index contributed by atoms with van der Waals surface area (Å²) < 4.78 is 7.60. The van der Waals surface area contributed by atoms with E-state index in [1.807, 2.05) is 41.3 Å². The second-order valence-corrected chi connectivity index (χ2v) is 10.4. The van der Waals surface area contributed by atoms with Crippen molar-refractivity contribution in [2.24, 2.45) is 5.73 Å². The molecule has 0 spiro atoms. The first-order valence-corrected chi connectivity index (χ1v) is 13.8. The maximum Gasteiger partial charge on any atom is 0.248 e. The van der Waals surface area contributed by atoms with Gasteiger partial charge in [0.05, 0.1) is 11.0 Å². The number of fused-ring (bicyclic) bond motifs is 1. The summed E-state index contributed by atoms with van der Waals surface area (Å²) in [5.41, 5.74) is 11.4. The third kappa shape index (κ3) is 6.46. The normalized spacial score (nSPS) is 16.5. The summed E-state index contributed by atoms with van der Waals surface area (Å²) in [6, 6.07) is 19.5. The van der Waals surface area contributed by atoms with E-state index in [-0.39, 0.29) is 23.4 Å². The average Bonchev–Trinajstić information content (AvgIpc) is 3.32. The van der Waals surface area contributed by atoms with Crippen molar-refractivity contribution in [2.75, 3.05) is 26.8 Å². The highest BCUT2D eigenvalue weighted by atomic mass is 16.5. The Bertz CT molecular complexity index is 1460. The molecule has 2 atom stereocenters. The summed E-state index contributed by atoms with van der Waals surface area (Å²) in [5.74, 6) is 1.37. The molecule has 1 amide bonds. The molecule has 0 aliphatic carbocycles. The van der Waals surface area contributed by atoms with E-state index < -0.39 is 0 Å². The minimum Gasteiger partial charge on any atom is -0.385 e. The van der Waals surface area contributed by atoms with Crippen molar-refractivity contribution in [3.8, 4) is 11.1 Å². The predicted octanol–water partition coefficient (Wildman–Crippen LogP) is 4.09. The molecule has 0 unspecified atom stereocenters. The number of aromatic nitrogens is 3. The zero-order valence-corrected chi connectivity index (χ0v) is 22.5. The fourth-order valence-corrected chi connectivity index (χ4v) is 5.61. The Hall–Kier alpha value is -3.75. The van der Waals surface area contributed by atoms with Gasteiger partial charge in [-0.15, -0.1) is 0 Å². The number of hydrogen-bond acceptors (Lipinski definition) is 5. The van der Waals surface area contributed by atoms with E-state index in [0.717, 1.165) is 65.9 Å². The second kappa shape index (κ2) is 12.4. The summed E-state index contributed by atoms with van der Waals surface area (Å²) in [4.78, 5) is 34.5. The summed E-state index contributed by atoms with van der Waals surface area (Å²) in [6.07, 6.45) is 5.47. The number of piperidine rings is 1. The molecule has 4 aromatic rings. The van der Waals surface area contributed by atoms with E-state index in [1.54, 1.807) is 19.4 Å². The molecule has 1 aliphatic heterocycles. The van der Waals surface area contributed by atoms with Crippen LogP contribution in [0.3, 0.4) is 0 Å². The number of aryl methyl sites for hydroxylation is 1. The highest BCUT2D eigenvalue weighted by Crippen LogP contribution is 2.30. The van der Waals surface area contributed by atoms with Gasteiger partial charge in [0, 0.05) is 64.0 Å². The molecule has 8 nitrogen and oxygen atoms in total. The lowest BCUT2D eigenvalue weighted by Crippen LogP contribution is -2.42. The summed E-state index contributed by atoms with van der Waals surface area (Å²) in [7, 11) is 1.73. The molecule has 1 fully saturated rings. The number of carbonyl (C=O) groups is 1. The molecular weight excluding hydrogens is 490 g/mol. The van der Waals surface area contributed by atoms with Gasteiger partial charge in [-0.3, -0.25) is 9.59 Å². The minimum atomic E-state index is -0.262. The summed E-state index contributed by atoms with van der Waals surface area (Å²) in [5, 5.41) is 0. The highest BCUT2D eigenvalue weighted by molar-refractivity contribution is 5.78. The van der Waals surface area contributed by atoms with Gasteiger partial charge in [-0.05, 0) is 60.6 Å². The third-order valence-corrected chi connectivity index (χ3v) is 7.55. The van der Waals surface area contributed by atoms with E-state index >= 15 is 0 Å². The Labute approximate surface area is 228 Å². The van der Waals surface area contributed by atoms with Gasteiger partial charge >= 0.3 is 0 Å². The van der Waals surface area contributed by atoms with E-state index in [4.69, 9.17) is 15.5 Å². The SMILES string of the molecule is COCCCn1c([C@@H]2CCCN(C(=O)C[C@H](N)Cc3ccc(-c4cc[nH]c(=O)c4)cc3)C2)nc2ccccc21. The van der Waals surface area contributed by atoms with Gasteiger partial charge in [0.2, 0.25) is 11.5 Å². The highest BCUT2D eigenvalue weighted by Gasteiger charge is 2.29. The van der Waals surface area contributed by atoms with Crippen molar-refractivity contribution in [2.45, 2.75) is 50.6 Å². The van der Waals surface area contributed by atoms with Gasteiger partial charge in [-0.2, -0.15) is 0 Å². The van der Waals surface area contributed by atoms with E-state index in [9.17, 15) is 9.59 Å². The zero-order chi connectivity index (χ0) is 27.2. The molecule has 39 heavy (non-hydrogen) atoms. The molecule has 2 aromatic carbocycles. The number of likely N-dealkylation sites (tertiary alicyclic amines) is 1. The predicted molar refractivity (Wildman–Crippen MR) is 154 cm³/mol. The number of pyridine rings is 1. The summed E-state index contributed by atoms with van der Waals surface area (Å²) >= 11 is 0. The lowest BCUT2D eigenvalue weighted by atomic mass is 9.95. The van der Waals surface area contributed by atoms with Crippen molar-refractivity contribution in [3.63, 3.8) is 0 Å². The van der Waals surface area contributed by atoms with Crippen LogP contribution in [0.25, 0.3) is 22.2 Å². The van der Waals surface area contributed by atoms with Crippen LogP contribution in [0, 0.1) is 0 Å². The van der Waals surface area contributed by atoms with Crippen LogP contribution in [-0.4, -0.2) is 58.2 Å². The first-order valence-electron chi connectivity index (χ1n) is 13.8. The number of nitrogens with zero attached hydrogens (tertiary/aromatic N) is 3. The Balaban J connectivity index is 1.21. The van der Waals surface area contributed by atoms with Crippen LogP contribution in [0.5, 0.6) is 0 Å². The molecule has 0 saturated carbocycles. The number of nitrogens with two attached hydrogens (primary N) is 1. The number of nitrogens with one attached hydrogen (secondary N) is 1. The number of ether oxygens (including phenoxy) is 1. The maximum atomic E-state index is 13.3. The number of rotatable bonds is 10. The fourth-order valence-electron chi connectivity index (χ4n) is 5.61. The Morgan fingerprint density at radius 2 is 1.97 bits per heavy atom. The summed E-state index contributed by atoms with van der Waals surface area (Å²) in [6.45, 7) is 2.98. The van der Waals surface area contributed by atoms with Gasteiger partial charge < -0.3 is 24.9 Å². The molecule has 204 valence electrons. The molecular formula is C31H37N5O3. The number of amides is 1. The standard InChI is InChI=1S/C31H37N5O3/c1-39-17-5-16-36-28-8-3-2-7-27(28)34-31(36)25-6-4-15-35(21-25)30(38)20-26(32)18-22-9-11-23(12-10-22)24-13-14-33-29(37)19-24/h2-3,7-14,19,25-26H,4-6,15-18,20-21,32H2,1H3,(H,33,37)/t25-,26-/m1/s1. The zero-order valence-electron chi connectivity index (χ0n) is 22.5. The maximum absolute atomic E-state index is 13.3. The number of hydrogen-bond donors (Lipinski definition) is 2. The first-order chi connectivity index (χ1) is 19.0. The van der Waals surface area contributed by atoms with E-state index in [2.05, 4.69) is 27.8 Å². The lowest BCUT2D eigenvalue weighted by molar-refractivity contribution is -0.132.